The Labute approximate surface area is 86.1 Å². The molecule has 84 valence electrons. The van der Waals surface area contributed by atoms with Gasteiger partial charge in [0.2, 0.25) is 0 Å². The normalized spacial score (nSPS) is 14.0. The first-order chi connectivity index (χ1) is 6.39. The maximum atomic E-state index is 11.0. The Morgan fingerprint density at radius 3 is 2.14 bits per heavy atom. The molecule has 0 aliphatic heterocycles. The molecule has 0 saturated heterocycles. The highest BCUT2D eigenvalue weighted by atomic mass is 16.4. The molecule has 0 spiro atoms. The van der Waals surface area contributed by atoms with Gasteiger partial charge in [0.15, 0.2) is 0 Å². The average Bonchev–Trinajstić information content (AvgIpc) is 2.01. The summed E-state index contributed by atoms with van der Waals surface area (Å²) in [6, 6.07) is 0. The summed E-state index contributed by atoms with van der Waals surface area (Å²) in [7, 11) is 0. The van der Waals surface area contributed by atoms with Gasteiger partial charge in [0.25, 0.3) is 0 Å². The lowest BCUT2D eigenvalue weighted by Crippen LogP contribution is -2.28. The molecule has 0 bridgehead atoms. The molecule has 14 heavy (non-hydrogen) atoms. The first-order valence-corrected chi connectivity index (χ1v) is 5.23. The van der Waals surface area contributed by atoms with Gasteiger partial charge in [0, 0.05) is 6.61 Å². The number of hydrogen-bond acceptors (Lipinski definition) is 2. The van der Waals surface area contributed by atoms with Crippen molar-refractivity contribution in [1.29, 1.82) is 0 Å². The van der Waals surface area contributed by atoms with Gasteiger partial charge in [-0.15, -0.1) is 0 Å². The van der Waals surface area contributed by atoms with Crippen LogP contribution in [0.3, 0.4) is 0 Å². The number of carboxylic acids is 1. The van der Waals surface area contributed by atoms with Crippen LogP contribution < -0.4 is 0 Å². The minimum absolute atomic E-state index is 0.176. The summed E-state index contributed by atoms with van der Waals surface area (Å²) in [4.78, 5) is 11.0. The highest BCUT2D eigenvalue weighted by molar-refractivity contribution is 5.70. The van der Waals surface area contributed by atoms with E-state index in [-0.39, 0.29) is 17.9 Å². The van der Waals surface area contributed by atoms with Crippen molar-refractivity contribution in [2.24, 2.45) is 11.3 Å². The minimum Gasteiger partial charge on any atom is -0.481 e. The van der Waals surface area contributed by atoms with Crippen LogP contribution in [0.15, 0.2) is 0 Å². The molecule has 3 nitrogen and oxygen atoms in total. The van der Waals surface area contributed by atoms with Crippen LogP contribution in [-0.4, -0.2) is 22.8 Å². The van der Waals surface area contributed by atoms with Crippen molar-refractivity contribution in [1.82, 2.24) is 0 Å². The highest BCUT2D eigenvalue weighted by Crippen LogP contribution is 2.30. The molecule has 0 aromatic heterocycles. The molecule has 0 aliphatic rings. The Bertz CT molecular complexity index is 170. The SMILES string of the molecule is CC(C)(C)C(CCCCCO)C(=O)O. The maximum Gasteiger partial charge on any atom is 0.307 e. The quantitative estimate of drug-likeness (QED) is 0.650. The minimum atomic E-state index is -0.707. The molecule has 0 aromatic rings. The highest BCUT2D eigenvalue weighted by Gasteiger charge is 2.30. The Kier molecular flexibility index (Phi) is 5.77. The van der Waals surface area contributed by atoms with E-state index in [2.05, 4.69) is 0 Å². The van der Waals surface area contributed by atoms with Crippen molar-refractivity contribution >= 4 is 5.97 Å². The standard InChI is InChI=1S/C11H22O3/c1-11(2,3)9(10(13)14)7-5-4-6-8-12/h9,12H,4-8H2,1-3H3,(H,13,14). The zero-order valence-corrected chi connectivity index (χ0v) is 9.42. The van der Waals surface area contributed by atoms with Crippen LogP contribution in [0.5, 0.6) is 0 Å². The number of aliphatic hydroxyl groups excluding tert-OH is 1. The third-order valence-electron chi connectivity index (χ3n) is 2.49. The number of aliphatic hydroxyl groups is 1. The number of aliphatic carboxylic acids is 1. The molecule has 3 heteroatoms. The van der Waals surface area contributed by atoms with Crippen molar-refractivity contribution < 1.29 is 15.0 Å². The first kappa shape index (κ1) is 13.4. The Hall–Kier alpha value is -0.570. The maximum absolute atomic E-state index is 11.0. The molecule has 0 rings (SSSR count). The lowest BCUT2D eigenvalue weighted by atomic mass is 9.78. The molecule has 1 unspecified atom stereocenters. The Morgan fingerprint density at radius 1 is 1.21 bits per heavy atom. The fourth-order valence-electron chi connectivity index (χ4n) is 1.56. The van der Waals surface area contributed by atoms with Crippen LogP contribution in [0.4, 0.5) is 0 Å². The average molecular weight is 202 g/mol. The molecule has 0 heterocycles. The van der Waals surface area contributed by atoms with Gasteiger partial charge in [-0.25, -0.2) is 0 Å². The molecule has 0 saturated carbocycles. The predicted octanol–water partition coefficient (Wildman–Crippen LogP) is 2.29. The van der Waals surface area contributed by atoms with Crippen molar-refractivity contribution in [2.45, 2.75) is 46.5 Å². The number of hydrogen-bond donors (Lipinski definition) is 2. The van der Waals surface area contributed by atoms with Crippen molar-refractivity contribution in [3.63, 3.8) is 0 Å². The van der Waals surface area contributed by atoms with E-state index < -0.39 is 5.97 Å². The second kappa shape index (κ2) is 6.02. The monoisotopic (exact) mass is 202 g/mol. The van der Waals surface area contributed by atoms with E-state index in [1.165, 1.54) is 0 Å². The summed E-state index contributed by atoms with van der Waals surface area (Å²) in [6.45, 7) is 6.07. The number of rotatable bonds is 6. The zero-order valence-electron chi connectivity index (χ0n) is 9.42. The third-order valence-corrected chi connectivity index (χ3v) is 2.49. The Balaban J connectivity index is 3.94. The fourth-order valence-corrected chi connectivity index (χ4v) is 1.56. The van der Waals surface area contributed by atoms with E-state index in [0.717, 1.165) is 19.3 Å². The number of carboxylic acid groups (broad SMARTS) is 1. The molecule has 0 amide bonds. The first-order valence-electron chi connectivity index (χ1n) is 5.23. The van der Waals surface area contributed by atoms with Gasteiger partial charge in [0.05, 0.1) is 5.92 Å². The van der Waals surface area contributed by atoms with E-state index in [9.17, 15) is 4.79 Å². The third kappa shape index (κ3) is 5.22. The van der Waals surface area contributed by atoms with Gasteiger partial charge in [-0.2, -0.15) is 0 Å². The van der Waals surface area contributed by atoms with Crippen LogP contribution in [0.2, 0.25) is 0 Å². The van der Waals surface area contributed by atoms with Gasteiger partial charge < -0.3 is 10.2 Å². The molecule has 0 radical (unpaired) electrons. The predicted molar refractivity (Wildman–Crippen MR) is 56.1 cm³/mol. The van der Waals surface area contributed by atoms with Crippen LogP contribution in [-0.2, 0) is 4.79 Å². The van der Waals surface area contributed by atoms with Crippen molar-refractivity contribution in [3.8, 4) is 0 Å². The molecular formula is C11H22O3. The van der Waals surface area contributed by atoms with E-state index in [1.807, 2.05) is 20.8 Å². The molecular weight excluding hydrogens is 180 g/mol. The van der Waals surface area contributed by atoms with Crippen LogP contribution in [0.1, 0.15) is 46.5 Å². The Morgan fingerprint density at radius 2 is 1.79 bits per heavy atom. The van der Waals surface area contributed by atoms with Crippen molar-refractivity contribution in [3.05, 3.63) is 0 Å². The zero-order chi connectivity index (χ0) is 11.2. The van der Waals surface area contributed by atoms with Crippen LogP contribution in [0.25, 0.3) is 0 Å². The summed E-state index contributed by atoms with van der Waals surface area (Å²) in [5, 5.41) is 17.6. The second-order valence-corrected chi connectivity index (χ2v) is 4.83. The summed E-state index contributed by atoms with van der Waals surface area (Å²) in [5.41, 5.74) is -0.176. The van der Waals surface area contributed by atoms with Gasteiger partial charge in [-0.05, 0) is 18.3 Å². The van der Waals surface area contributed by atoms with Gasteiger partial charge in [-0.3, -0.25) is 4.79 Å². The molecule has 2 N–H and O–H groups in total. The molecule has 0 aromatic carbocycles. The fraction of sp³-hybridized carbons (Fsp3) is 0.909. The molecule has 0 aliphatic carbocycles. The second-order valence-electron chi connectivity index (χ2n) is 4.83. The van der Waals surface area contributed by atoms with E-state index in [4.69, 9.17) is 10.2 Å². The summed E-state index contributed by atoms with van der Waals surface area (Å²) >= 11 is 0. The lowest BCUT2D eigenvalue weighted by molar-refractivity contribution is -0.145. The van der Waals surface area contributed by atoms with Crippen molar-refractivity contribution in [2.75, 3.05) is 6.61 Å². The van der Waals surface area contributed by atoms with Gasteiger partial charge in [0.1, 0.15) is 0 Å². The number of unbranched alkanes of at least 4 members (excludes halogenated alkanes) is 2. The smallest absolute Gasteiger partial charge is 0.307 e. The topological polar surface area (TPSA) is 57.5 Å². The molecule has 0 fully saturated rings. The van der Waals surface area contributed by atoms with Gasteiger partial charge >= 0.3 is 5.97 Å². The largest absolute Gasteiger partial charge is 0.481 e. The van der Waals surface area contributed by atoms with E-state index >= 15 is 0 Å². The van der Waals surface area contributed by atoms with E-state index in [0.29, 0.717) is 6.42 Å². The number of carbonyl (C=O) groups is 1. The lowest BCUT2D eigenvalue weighted by Gasteiger charge is -2.26. The summed E-state index contributed by atoms with van der Waals surface area (Å²) < 4.78 is 0. The van der Waals surface area contributed by atoms with Gasteiger partial charge in [-0.1, -0.05) is 33.6 Å². The summed E-state index contributed by atoms with van der Waals surface area (Å²) in [6.07, 6.45) is 3.28. The summed E-state index contributed by atoms with van der Waals surface area (Å²) in [5.74, 6) is -0.984. The molecule has 1 atom stereocenters. The van der Waals surface area contributed by atoms with E-state index in [1.54, 1.807) is 0 Å². The van der Waals surface area contributed by atoms with Crippen LogP contribution in [0, 0.1) is 11.3 Å². The van der Waals surface area contributed by atoms with Crippen LogP contribution >= 0.6 is 0 Å².